The van der Waals surface area contributed by atoms with Gasteiger partial charge in [-0.05, 0) is 68.2 Å². The smallest absolute Gasteiger partial charge is 0.301 e. The molecule has 1 saturated carbocycles. The first kappa shape index (κ1) is 41.0. The van der Waals surface area contributed by atoms with Crippen molar-refractivity contribution in [2.75, 3.05) is 72.9 Å². The molecular formula is C44H47ClF2N12O4. The first-order valence-electron chi connectivity index (χ1n) is 21.6. The van der Waals surface area contributed by atoms with Crippen molar-refractivity contribution in [2.24, 2.45) is 25.9 Å². The monoisotopic (exact) mass is 880 g/mol. The number of nitrogens with zero attached hydrogens (tertiary/aromatic N) is 9. The van der Waals surface area contributed by atoms with E-state index in [1.807, 2.05) is 23.9 Å². The molecule has 1 aliphatic carbocycles. The molecule has 2 atom stereocenters. The molecule has 4 aliphatic heterocycles. The molecular weight excluding hydrogens is 834 g/mol. The predicted molar refractivity (Wildman–Crippen MR) is 234 cm³/mol. The van der Waals surface area contributed by atoms with Gasteiger partial charge in [0.1, 0.15) is 11.6 Å². The van der Waals surface area contributed by atoms with Crippen molar-refractivity contribution in [1.82, 2.24) is 34.5 Å². The van der Waals surface area contributed by atoms with Crippen LogP contribution < -0.4 is 36.0 Å². The second kappa shape index (κ2) is 15.9. The Balaban J connectivity index is 0.801. The SMILES string of the molecule is Cn1nc(C2CCC(=O)NC2=O)c2cccc(N3CCC(CN4CCN(c5nc(Cl)c(C#N)c(Nc6ccc7c(c6)c6c(c(=O)n7C)OCC(F)(F)C(C7CC7)N6)n5)CC4)CC3)c21. The van der Waals surface area contributed by atoms with Crippen molar-refractivity contribution in [1.29, 1.82) is 5.26 Å². The third kappa shape index (κ3) is 7.54. The number of para-hydroxylation sites is 1. The molecule has 5 aliphatic rings. The van der Waals surface area contributed by atoms with Crippen molar-refractivity contribution in [3.63, 3.8) is 0 Å². The van der Waals surface area contributed by atoms with Crippen LogP contribution in [0.1, 0.15) is 55.7 Å². The molecule has 2 aromatic carbocycles. The minimum Gasteiger partial charge on any atom is -0.480 e. The van der Waals surface area contributed by atoms with Crippen molar-refractivity contribution in [2.45, 2.75) is 56.4 Å². The van der Waals surface area contributed by atoms with Gasteiger partial charge in [-0.15, -0.1) is 0 Å². The highest BCUT2D eigenvalue weighted by Crippen LogP contribution is 2.46. The summed E-state index contributed by atoms with van der Waals surface area (Å²) >= 11 is 6.62. The number of hydrogen-bond acceptors (Lipinski definition) is 13. The summed E-state index contributed by atoms with van der Waals surface area (Å²) in [5.41, 5.74) is 3.62. The molecule has 10 rings (SSSR count). The summed E-state index contributed by atoms with van der Waals surface area (Å²) in [6.45, 7) is 4.79. The summed E-state index contributed by atoms with van der Waals surface area (Å²) in [6, 6.07) is 12.3. The second-order valence-electron chi connectivity index (χ2n) is 17.5. The van der Waals surface area contributed by atoms with E-state index in [4.69, 9.17) is 26.4 Å². The van der Waals surface area contributed by atoms with Crippen molar-refractivity contribution in [3.8, 4) is 11.8 Å². The summed E-state index contributed by atoms with van der Waals surface area (Å²) in [5.74, 6) is -3.40. The number of amides is 2. The minimum absolute atomic E-state index is 0.00910. The highest BCUT2D eigenvalue weighted by molar-refractivity contribution is 6.31. The van der Waals surface area contributed by atoms with E-state index in [2.05, 4.69) is 47.8 Å². The number of ether oxygens (including phenoxy) is 1. The number of aryl methyl sites for hydroxylation is 2. The number of fused-ring (bicyclic) bond motifs is 4. The van der Waals surface area contributed by atoms with Crippen molar-refractivity contribution in [3.05, 3.63) is 63.2 Å². The van der Waals surface area contributed by atoms with E-state index in [0.29, 0.717) is 67.2 Å². The Labute approximate surface area is 366 Å². The number of halogens is 3. The van der Waals surface area contributed by atoms with Crippen LogP contribution in [-0.4, -0.2) is 105 Å². The van der Waals surface area contributed by atoms with Gasteiger partial charge in [0.2, 0.25) is 23.5 Å². The van der Waals surface area contributed by atoms with Gasteiger partial charge in [-0.3, -0.25) is 29.3 Å². The number of anilines is 5. The molecule has 2 amide bonds. The fourth-order valence-corrected chi connectivity index (χ4v) is 10.0. The number of hydrogen-bond donors (Lipinski definition) is 3. The minimum atomic E-state index is -3.17. The standard InChI is InChI=1S/C44H47ClF2N12O4/c1-55-31-10-8-26(20-29(31)35-37(42(55)62)63-23-44(46,47)38(51-35)25-6-7-25)49-40-30(21-48)39(45)52-43(53-40)59-18-16-57(17-19-59)22-24-12-14-58(15-13-24)32-5-3-4-27-34(54-56(2)36(27)32)28-9-11-33(60)50-41(28)61/h3-5,8,10,20,24-25,28,38,51H,6-7,9,11-19,22-23H2,1-2H3,(H,49,52,53)(H,50,60,61). The molecule has 3 N–H and O–H groups in total. The van der Waals surface area contributed by atoms with E-state index in [0.717, 1.165) is 67.8 Å². The van der Waals surface area contributed by atoms with Gasteiger partial charge in [-0.2, -0.15) is 20.3 Å². The molecule has 16 nitrogen and oxygen atoms in total. The van der Waals surface area contributed by atoms with E-state index in [1.165, 1.54) is 4.57 Å². The number of imide groups is 1. The molecule has 5 aromatic rings. The number of carbonyl (C=O) groups is 2. The van der Waals surface area contributed by atoms with E-state index < -0.39 is 30.0 Å². The zero-order valence-corrected chi connectivity index (χ0v) is 35.7. The fourth-order valence-electron chi connectivity index (χ4n) is 9.84. The Kier molecular flexibility index (Phi) is 10.4. The molecule has 0 bridgehead atoms. The van der Waals surface area contributed by atoms with Crippen LogP contribution in [0.25, 0.3) is 21.8 Å². The van der Waals surface area contributed by atoms with Crippen molar-refractivity contribution < 1.29 is 23.1 Å². The average Bonchev–Trinajstić information content (AvgIpc) is 4.07. The van der Waals surface area contributed by atoms with Gasteiger partial charge < -0.3 is 29.7 Å². The van der Waals surface area contributed by atoms with Gasteiger partial charge in [-0.1, -0.05) is 23.7 Å². The van der Waals surface area contributed by atoms with Crippen LogP contribution in [0.3, 0.4) is 0 Å². The quantitative estimate of drug-likeness (QED) is 0.136. The van der Waals surface area contributed by atoms with Crippen molar-refractivity contribution >= 4 is 74.0 Å². The average molecular weight is 881 g/mol. The molecule has 7 heterocycles. The van der Waals surface area contributed by atoms with E-state index >= 15 is 8.78 Å². The summed E-state index contributed by atoms with van der Waals surface area (Å²) in [6.07, 6.45) is 4.17. The predicted octanol–water partition coefficient (Wildman–Crippen LogP) is 5.26. The molecule has 2 unspecified atom stereocenters. The van der Waals surface area contributed by atoms with Crippen LogP contribution >= 0.6 is 11.6 Å². The number of nitriles is 1. The lowest BCUT2D eigenvalue weighted by Crippen LogP contribution is -2.49. The van der Waals surface area contributed by atoms with Crippen LogP contribution in [0.4, 0.5) is 37.6 Å². The Morgan fingerprint density at radius 1 is 0.968 bits per heavy atom. The van der Waals surface area contributed by atoms with E-state index in [9.17, 15) is 19.6 Å². The van der Waals surface area contributed by atoms with Gasteiger partial charge in [0.05, 0.1) is 40.1 Å². The Morgan fingerprint density at radius 2 is 1.75 bits per heavy atom. The second-order valence-corrected chi connectivity index (χ2v) is 17.8. The van der Waals surface area contributed by atoms with Gasteiger partial charge >= 0.3 is 5.92 Å². The summed E-state index contributed by atoms with van der Waals surface area (Å²) in [5, 5.41) is 25.1. The van der Waals surface area contributed by atoms with E-state index in [1.54, 1.807) is 25.2 Å². The summed E-state index contributed by atoms with van der Waals surface area (Å²) in [4.78, 5) is 54.0. The molecule has 3 saturated heterocycles. The maximum absolute atomic E-state index is 15.2. The Bertz CT molecular complexity index is 2770. The number of alkyl halides is 2. The van der Waals surface area contributed by atoms with Gasteiger partial charge in [0, 0.05) is 82.8 Å². The largest absolute Gasteiger partial charge is 0.480 e. The summed E-state index contributed by atoms with van der Waals surface area (Å²) in [7, 11) is 3.49. The molecule has 19 heteroatoms. The lowest BCUT2D eigenvalue weighted by atomic mass is 9.92. The topological polar surface area (TPSA) is 179 Å². The number of piperidine rings is 2. The maximum atomic E-state index is 15.2. The third-order valence-corrected chi connectivity index (χ3v) is 13.7. The normalized spacial score (nSPS) is 22.0. The highest BCUT2D eigenvalue weighted by Gasteiger charge is 2.51. The highest BCUT2D eigenvalue weighted by atomic mass is 35.5. The van der Waals surface area contributed by atoms with Crippen LogP contribution in [0.2, 0.25) is 5.15 Å². The van der Waals surface area contributed by atoms with Crippen LogP contribution in [0.5, 0.6) is 5.75 Å². The molecule has 3 aromatic heterocycles. The van der Waals surface area contributed by atoms with Gasteiger partial charge in [0.25, 0.3) is 5.56 Å². The number of aromatic nitrogens is 5. The lowest BCUT2D eigenvalue weighted by Gasteiger charge is -2.39. The number of pyridine rings is 1. The first-order valence-corrected chi connectivity index (χ1v) is 21.9. The summed E-state index contributed by atoms with van der Waals surface area (Å²) < 4.78 is 39.2. The maximum Gasteiger partial charge on any atom is 0.301 e. The molecule has 0 spiro atoms. The fraction of sp³-hybridized carbons (Fsp3) is 0.477. The van der Waals surface area contributed by atoms with Gasteiger partial charge in [-0.25, -0.2) is 8.78 Å². The number of benzene rings is 2. The molecule has 328 valence electrons. The van der Waals surface area contributed by atoms with Crippen LogP contribution in [0, 0.1) is 23.2 Å². The molecule has 4 fully saturated rings. The number of rotatable bonds is 8. The zero-order chi connectivity index (χ0) is 43.7. The number of piperazine rings is 1. The Hall–Kier alpha value is -6.06. The zero-order valence-electron chi connectivity index (χ0n) is 35.0. The van der Waals surface area contributed by atoms with Crippen LogP contribution in [0.15, 0.2) is 41.2 Å². The van der Waals surface area contributed by atoms with E-state index in [-0.39, 0.29) is 45.7 Å². The third-order valence-electron chi connectivity index (χ3n) is 13.4. The molecule has 0 radical (unpaired) electrons. The number of nitrogens with one attached hydrogen (secondary N) is 3. The molecule has 63 heavy (non-hydrogen) atoms. The van der Waals surface area contributed by atoms with Gasteiger partial charge in [0.15, 0.2) is 17.6 Å². The van der Waals surface area contributed by atoms with Crippen LogP contribution in [-0.2, 0) is 23.7 Å². The number of carbonyl (C=O) groups excluding carboxylic acids is 2. The first-order chi connectivity index (χ1) is 30.4. The lowest BCUT2D eigenvalue weighted by molar-refractivity contribution is -0.134. The Morgan fingerprint density at radius 3 is 2.48 bits per heavy atom.